The zero-order chi connectivity index (χ0) is 23.2. The number of nitrogens with one attached hydrogen (secondary N) is 2. The van der Waals surface area contributed by atoms with Crippen LogP contribution in [-0.4, -0.2) is 65.4 Å². The molecule has 1 saturated heterocycles. The second-order valence-corrected chi connectivity index (χ2v) is 10.7. The van der Waals surface area contributed by atoms with E-state index in [9.17, 15) is 14.0 Å². The smallest absolute Gasteiger partial charge is 0.246 e. The SMILES string of the molecule is CC(=O)N1CCN(C2CCC[C@@H](NC(=O)C3(C4CCC4)Cc4c(F)ccc(C)c4N3)C2)CC1. The maximum Gasteiger partial charge on any atom is 0.246 e. The number of rotatable bonds is 4. The highest BCUT2D eigenvalue weighted by Crippen LogP contribution is 2.47. The van der Waals surface area contributed by atoms with E-state index in [0.717, 1.165) is 82.4 Å². The van der Waals surface area contributed by atoms with Gasteiger partial charge in [0.1, 0.15) is 11.4 Å². The minimum absolute atomic E-state index is 0.0502. The molecule has 2 amide bonds. The number of anilines is 1. The number of nitrogens with zero attached hydrogens (tertiary/aromatic N) is 2. The number of piperazine rings is 1. The van der Waals surface area contributed by atoms with E-state index >= 15 is 0 Å². The zero-order valence-corrected chi connectivity index (χ0v) is 20.0. The van der Waals surface area contributed by atoms with E-state index < -0.39 is 5.54 Å². The highest BCUT2D eigenvalue weighted by molar-refractivity contribution is 5.93. The van der Waals surface area contributed by atoms with Gasteiger partial charge in [0.25, 0.3) is 0 Å². The number of carbonyl (C=O) groups excluding carboxylic acids is 2. The molecule has 5 rings (SSSR count). The number of benzene rings is 1. The lowest BCUT2D eigenvalue weighted by Gasteiger charge is -2.45. The molecule has 4 aliphatic rings. The zero-order valence-electron chi connectivity index (χ0n) is 20.0. The summed E-state index contributed by atoms with van der Waals surface area (Å²) in [6.07, 6.45) is 7.80. The van der Waals surface area contributed by atoms with Crippen molar-refractivity contribution in [2.75, 3.05) is 31.5 Å². The number of aryl methyl sites for hydroxylation is 1. The first-order valence-electron chi connectivity index (χ1n) is 12.7. The minimum atomic E-state index is -0.729. The standard InChI is InChI=1S/C26H37FN4O2/c1-17-9-10-23(27)22-16-26(29-24(17)22,19-5-3-6-19)25(33)28-20-7-4-8-21(15-20)31-13-11-30(12-14-31)18(2)32/h9-10,19-21,29H,3-8,11-16H2,1-2H3,(H,28,33)/t20-,21?,26?/m1/s1. The third kappa shape index (κ3) is 4.13. The quantitative estimate of drug-likeness (QED) is 0.730. The molecule has 7 heteroatoms. The number of halogens is 1. The Morgan fingerprint density at radius 1 is 1.09 bits per heavy atom. The minimum Gasteiger partial charge on any atom is -0.370 e. The average molecular weight is 457 g/mol. The van der Waals surface area contributed by atoms with Crippen molar-refractivity contribution in [3.05, 3.63) is 29.1 Å². The number of hydrogen-bond acceptors (Lipinski definition) is 4. The molecular weight excluding hydrogens is 419 g/mol. The van der Waals surface area contributed by atoms with Crippen LogP contribution in [0.25, 0.3) is 0 Å². The van der Waals surface area contributed by atoms with Gasteiger partial charge in [-0.3, -0.25) is 14.5 Å². The van der Waals surface area contributed by atoms with Crippen LogP contribution in [0.3, 0.4) is 0 Å². The molecule has 2 N–H and O–H groups in total. The van der Waals surface area contributed by atoms with Gasteiger partial charge < -0.3 is 15.5 Å². The largest absolute Gasteiger partial charge is 0.370 e. The number of amides is 2. The Morgan fingerprint density at radius 3 is 2.45 bits per heavy atom. The summed E-state index contributed by atoms with van der Waals surface area (Å²) in [6.45, 7) is 7.03. The first kappa shape index (κ1) is 22.6. The van der Waals surface area contributed by atoms with Crippen molar-refractivity contribution < 1.29 is 14.0 Å². The highest BCUT2D eigenvalue weighted by Gasteiger charge is 2.53. The van der Waals surface area contributed by atoms with Gasteiger partial charge in [-0.05, 0) is 63.0 Å². The number of fused-ring (bicyclic) bond motifs is 1. The van der Waals surface area contributed by atoms with Crippen LogP contribution >= 0.6 is 0 Å². The lowest BCUT2D eigenvalue weighted by atomic mass is 9.68. The fourth-order valence-electron chi connectivity index (χ4n) is 6.45. The number of carbonyl (C=O) groups is 2. The van der Waals surface area contributed by atoms with Gasteiger partial charge in [0.2, 0.25) is 11.8 Å². The Kier molecular flexibility index (Phi) is 6.10. The van der Waals surface area contributed by atoms with E-state index in [4.69, 9.17) is 0 Å². The Balaban J connectivity index is 1.26. The number of hydrogen-bond donors (Lipinski definition) is 2. The predicted molar refractivity (Wildman–Crippen MR) is 127 cm³/mol. The molecule has 2 aliphatic carbocycles. The summed E-state index contributed by atoms with van der Waals surface area (Å²) in [4.78, 5) is 29.9. The van der Waals surface area contributed by atoms with Crippen LogP contribution in [0.4, 0.5) is 10.1 Å². The van der Waals surface area contributed by atoms with Gasteiger partial charge in [-0.1, -0.05) is 12.5 Å². The Bertz CT molecular complexity index is 892. The Morgan fingerprint density at radius 2 is 1.82 bits per heavy atom. The maximum absolute atomic E-state index is 14.7. The molecule has 2 unspecified atom stereocenters. The normalized spacial score (nSPS) is 30.3. The van der Waals surface area contributed by atoms with Crippen LogP contribution in [0.2, 0.25) is 0 Å². The monoisotopic (exact) mass is 456 g/mol. The van der Waals surface area contributed by atoms with E-state index in [-0.39, 0.29) is 29.6 Å². The van der Waals surface area contributed by atoms with Crippen molar-refractivity contribution in [2.45, 2.75) is 82.8 Å². The summed E-state index contributed by atoms with van der Waals surface area (Å²) in [5.74, 6) is 0.248. The third-order valence-electron chi connectivity index (χ3n) is 8.73. The van der Waals surface area contributed by atoms with Crippen molar-refractivity contribution in [1.82, 2.24) is 15.1 Å². The molecule has 33 heavy (non-hydrogen) atoms. The van der Waals surface area contributed by atoms with Crippen LogP contribution in [-0.2, 0) is 16.0 Å². The fraction of sp³-hybridized carbons (Fsp3) is 0.692. The molecule has 1 aromatic rings. The lowest BCUT2D eigenvalue weighted by Crippen LogP contribution is -2.61. The summed E-state index contributed by atoms with van der Waals surface area (Å²) in [6, 6.07) is 3.93. The van der Waals surface area contributed by atoms with Gasteiger partial charge in [-0.2, -0.15) is 0 Å². The van der Waals surface area contributed by atoms with Gasteiger partial charge in [0, 0.05) is 62.9 Å². The molecule has 2 heterocycles. The van der Waals surface area contributed by atoms with E-state index in [2.05, 4.69) is 15.5 Å². The second kappa shape index (κ2) is 8.90. The van der Waals surface area contributed by atoms with E-state index in [0.29, 0.717) is 18.0 Å². The fourth-order valence-corrected chi connectivity index (χ4v) is 6.45. The molecule has 6 nitrogen and oxygen atoms in total. The molecule has 0 radical (unpaired) electrons. The molecular formula is C26H37FN4O2. The summed E-state index contributed by atoms with van der Waals surface area (Å²) < 4.78 is 14.7. The van der Waals surface area contributed by atoms with Crippen molar-refractivity contribution in [3.8, 4) is 0 Å². The van der Waals surface area contributed by atoms with Crippen LogP contribution < -0.4 is 10.6 Å². The molecule has 0 aromatic heterocycles. The molecule has 180 valence electrons. The molecule has 1 aromatic carbocycles. The van der Waals surface area contributed by atoms with Crippen LogP contribution in [0.5, 0.6) is 0 Å². The molecule has 2 aliphatic heterocycles. The Hall–Kier alpha value is -2.15. The summed E-state index contributed by atoms with van der Waals surface area (Å²) in [7, 11) is 0. The van der Waals surface area contributed by atoms with Gasteiger partial charge in [0.05, 0.1) is 0 Å². The van der Waals surface area contributed by atoms with Crippen molar-refractivity contribution in [1.29, 1.82) is 0 Å². The maximum atomic E-state index is 14.7. The van der Waals surface area contributed by atoms with Gasteiger partial charge in [-0.25, -0.2) is 4.39 Å². The molecule has 2 saturated carbocycles. The summed E-state index contributed by atoms with van der Waals surface area (Å²) >= 11 is 0. The van der Waals surface area contributed by atoms with Gasteiger partial charge in [-0.15, -0.1) is 0 Å². The summed E-state index contributed by atoms with van der Waals surface area (Å²) in [5, 5.41) is 6.94. The third-order valence-corrected chi connectivity index (χ3v) is 8.73. The second-order valence-electron chi connectivity index (χ2n) is 10.7. The van der Waals surface area contributed by atoms with Crippen molar-refractivity contribution in [2.24, 2.45) is 5.92 Å². The highest BCUT2D eigenvalue weighted by atomic mass is 19.1. The first-order valence-corrected chi connectivity index (χ1v) is 12.7. The summed E-state index contributed by atoms with van der Waals surface area (Å²) in [5.41, 5.74) is 1.76. The van der Waals surface area contributed by atoms with E-state index in [1.165, 1.54) is 6.07 Å². The van der Waals surface area contributed by atoms with Crippen LogP contribution in [0.1, 0.15) is 63.0 Å². The van der Waals surface area contributed by atoms with E-state index in [1.54, 1.807) is 13.0 Å². The van der Waals surface area contributed by atoms with Crippen LogP contribution in [0.15, 0.2) is 12.1 Å². The Labute approximate surface area is 196 Å². The van der Waals surface area contributed by atoms with Gasteiger partial charge in [0.15, 0.2) is 0 Å². The first-order chi connectivity index (χ1) is 15.9. The molecule has 0 spiro atoms. The molecule has 0 bridgehead atoms. The van der Waals surface area contributed by atoms with Crippen molar-refractivity contribution in [3.63, 3.8) is 0 Å². The predicted octanol–water partition coefficient (Wildman–Crippen LogP) is 3.23. The van der Waals surface area contributed by atoms with Crippen molar-refractivity contribution >= 4 is 17.5 Å². The average Bonchev–Trinajstić information content (AvgIpc) is 3.18. The topological polar surface area (TPSA) is 64.7 Å². The lowest BCUT2D eigenvalue weighted by molar-refractivity contribution is -0.132. The van der Waals surface area contributed by atoms with Gasteiger partial charge >= 0.3 is 0 Å². The molecule has 3 atom stereocenters. The van der Waals surface area contributed by atoms with Crippen LogP contribution in [0, 0.1) is 18.7 Å². The molecule has 3 fully saturated rings. The van der Waals surface area contributed by atoms with E-state index in [1.807, 2.05) is 11.8 Å².